The highest BCUT2D eigenvalue weighted by Gasteiger charge is 2.11. The van der Waals surface area contributed by atoms with Crippen LogP contribution in [0.25, 0.3) is 11.2 Å². The number of aliphatic hydroxyl groups is 1. The number of aromatic nitrogens is 4. The van der Waals surface area contributed by atoms with Gasteiger partial charge in [-0.25, -0.2) is 4.98 Å². The first-order chi connectivity index (χ1) is 8.74. The smallest absolute Gasteiger partial charge is 0.226 e. The first-order valence-corrected chi connectivity index (χ1v) is 6.07. The van der Waals surface area contributed by atoms with Gasteiger partial charge in [0.25, 0.3) is 0 Å². The van der Waals surface area contributed by atoms with Crippen LogP contribution in [0.15, 0.2) is 6.33 Å². The first kappa shape index (κ1) is 12.6. The molecule has 0 amide bonds. The van der Waals surface area contributed by atoms with E-state index in [1.165, 1.54) is 0 Å². The Bertz CT molecular complexity index is 511. The standard InChI is InChI=1S/C11H18N6O/c1-3-4-12-11-16-9-8(13-6-14-9)10(17-11)15-7(2)5-18/h6-7,18H,3-5H2,1-2H3,(H3,12,13,14,15,16,17). The molecule has 7 heteroatoms. The molecule has 2 rings (SSSR count). The van der Waals surface area contributed by atoms with Crippen molar-refractivity contribution in [2.75, 3.05) is 23.8 Å². The van der Waals surface area contributed by atoms with Crippen molar-refractivity contribution in [3.8, 4) is 0 Å². The van der Waals surface area contributed by atoms with E-state index in [2.05, 4.69) is 37.5 Å². The van der Waals surface area contributed by atoms with Crippen LogP contribution in [0.3, 0.4) is 0 Å². The van der Waals surface area contributed by atoms with Gasteiger partial charge in [-0.3, -0.25) is 0 Å². The lowest BCUT2D eigenvalue weighted by molar-refractivity contribution is 0.281. The van der Waals surface area contributed by atoms with Gasteiger partial charge in [0.1, 0.15) is 5.52 Å². The van der Waals surface area contributed by atoms with Gasteiger partial charge in [-0.2, -0.15) is 9.97 Å². The third-order valence-corrected chi connectivity index (χ3v) is 2.48. The minimum Gasteiger partial charge on any atom is -0.394 e. The summed E-state index contributed by atoms with van der Waals surface area (Å²) in [5, 5.41) is 15.3. The molecule has 1 atom stereocenters. The van der Waals surface area contributed by atoms with Crippen LogP contribution in [0.1, 0.15) is 20.3 Å². The van der Waals surface area contributed by atoms with Crippen LogP contribution in [-0.2, 0) is 0 Å². The molecule has 0 aliphatic heterocycles. The average Bonchev–Trinajstić information content (AvgIpc) is 2.84. The number of anilines is 2. The van der Waals surface area contributed by atoms with Crippen LogP contribution in [0.2, 0.25) is 0 Å². The van der Waals surface area contributed by atoms with Gasteiger partial charge in [-0.15, -0.1) is 0 Å². The summed E-state index contributed by atoms with van der Waals surface area (Å²) in [6.07, 6.45) is 2.58. The second kappa shape index (κ2) is 5.63. The van der Waals surface area contributed by atoms with E-state index in [0.29, 0.717) is 17.4 Å². The Morgan fingerprint density at radius 2 is 2.28 bits per heavy atom. The quantitative estimate of drug-likeness (QED) is 0.609. The van der Waals surface area contributed by atoms with E-state index >= 15 is 0 Å². The van der Waals surface area contributed by atoms with Crippen LogP contribution < -0.4 is 10.6 Å². The molecule has 0 saturated heterocycles. The minimum absolute atomic E-state index is 0.0390. The average molecular weight is 250 g/mol. The van der Waals surface area contributed by atoms with Crippen molar-refractivity contribution in [1.29, 1.82) is 0 Å². The first-order valence-electron chi connectivity index (χ1n) is 6.07. The third-order valence-electron chi connectivity index (χ3n) is 2.48. The molecule has 0 bridgehead atoms. The number of H-pyrrole nitrogens is 1. The van der Waals surface area contributed by atoms with Crippen LogP contribution in [0.4, 0.5) is 11.8 Å². The molecule has 0 aliphatic rings. The maximum Gasteiger partial charge on any atom is 0.226 e. The lowest BCUT2D eigenvalue weighted by atomic mass is 10.3. The predicted molar refractivity (Wildman–Crippen MR) is 70.6 cm³/mol. The Morgan fingerprint density at radius 3 is 3.00 bits per heavy atom. The number of aliphatic hydroxyl groups excluding tert-OH is 1. The Morgan fingerprint density at radius 1 is 1.44 bits per heavy atom. The molecule has 1 unspecified atom stereocenters. The molecule has 2 heterocycles. The molecular formula is C11H18N6O. The van der Waals surface area contributed by atoms with Gasteiger partial charge < -0.3 is 20.7 Å². The fraction of sp³-hybridized carbons (Fsp3) is 0.545. The van der Waals surface area contributed by atoms with Crippen molar-refractivity contribution in [2.24, 2.45) is 0 Å². The second-order valence-electron chi connectivity index (χ2n) is 4.15. The molecule has 0 aliphatic carbocycles. The number of fused-ring (bicyclic) bond motifs is 1. The lowest BCUT2D eigenvalue weighted by Crippen LogP contribution is -2.21. The Kier molecular flexibility index (Phi) is 3.93. The number of rotatable bonds is 6. The molecule has 0 fully saturated rings. The van der Waals surface area contributed by atoms with Crippen molar-refractivity contribution in [3.63, 3.8) is 0 Å². The van der Waals surface area contributed by atoms with Gasteiger partial charge in [-0.1, -0.05) is 6.92 Å². The van der Waals surface area contributed by atoms with Gasteiger partial charge in [0.2, 0.25) is 5.95 Å². The number of aromatic amines is 1. The van der Waals surface area contributed by atoms with Gasteiger partial charge in [0.15, 0.2) is 11.5 Å². The summed E-state index contributed by atoms with van der Waals surface area (Å²) >= 11 is 0. The molecule has 7 nitrogen and oxygen atoms in total. The van der Waals surface area contributed by atoms with Crippen molar-refractivity contribution in [1.82, 2.24) is 19.9 Å². The highest BCUT2D eigenvalue weighted by atomic mass is 16.3. The third kappa shape index (κ3) is 2.67. The number of hydrogen-bond donors (Lipinski definition) is 4. The summed E-state index contributed by atoms with van der Waals surface area (Å²) in [4.78, 5) is 15.8. The van der Waals surface area contributed by atoms with E-state index in [-0.39, 0.29) is 12.6 Å². The Hall–Kier alpha value is -1.89. The molecule has 2 aromatic rings. The fourth-order valence-electron chi connectivity index (χ4n) is 1.53. The van der Waals surface area contributed by atoms with E-state index in [9.17, 15) is 0 Å². The molecule has 0 radical (unpaired) electrons. The van der Waals surface area contributed by atoms with E-state index < -0.39 is 0 Å². The zero-order valence-electron chi connectivity index (χ0n) is 10.6. The summed E-state index contributed by atoms with van der Waals surface area (Å²) < 4.78 is 0. The van der Waals surface area contributed by atoms with Gasteiger partial charge in [-0.05, 0) is 13.3 Å². The lowest BCUT2D eigenvalue weighted by Gasteiger charge is -2.13. The number of nitrogens with zero attached hydrogens (tertiary/aromatic N) is 3. The zero-order chi connectivity index (χ0) is 13.0. The van der Waals surface area contributed by atoms with Crippen molar-refractivity contribution in [2.45, 2.75) is 26.3 Å². The van der Waals surface area contributed by atoms with Crippen molar-refractivity contribution < 1.29 is 5.11 Å². The van der Waals surface area contributed by atoms with Gasteiger partial charge >= 0.3 is 0 Å². The molecule has 18 heavy (non-hydrogen) atoms. The molecule has 0 spiro atoms. The maximum absolute atomic E-state index is 9.08. The normalized spacial score (nSPS) is 12.6. The fourth-order valence-corrected chi connectivity index (χ4v) is 1.53. The predicted octanol–water partition coefficient (Wildman–Crippen LogP) is 0.967. The summed E-state index contributed by atoms with van der Waals surface area (Å²) in [6, 6.07) is -0.0783. The molecule has 4 N–H and O–H groups in total. The summed E-state index contributed by atoms with van der Waals surface area (Å²) in [7, 11) is 0. The van der Waals surface area contributed by atoms with E-state index in [1.807, 2.05) is 6.92 Å². The van der Waals surface area contributed by atoms with Gasteiger partial charge in [0.05, 0.1) is 12.9 Å². The topological polar surface area (TPSA) is 98.8 Å². The van der Waals surface area contributed by atoms with Gasteiger partial charge in [0, 0.05) is 12.6 Å². The van der Waals surface area contributed by atoms with Crippen LogP contribution >= 0.6 is 0 Å². The molecule has 98 valence electrons. The minimum atomic E-state index is -0.0783. The van der Waals surface area contributed by atoms with Crippen LogP contribution in [0.5, 0.6) is 0 Å². The summed E-state index contributed by atoms with van der Waals surface area (Å²) in [5.41, 5.74) is 1.36. The number of hydrogen-bond acceptors (Lipinski definition) is 6. The molecule has 0 aromatic carbocycles. The van der Waals surface area contributed by atoms with E-state index in [1.54, 1.807) is 6.33 Å². The molecule has 0 saturated carbocycles. The second-order valence-corrected chi connectivity index (χ2v) is 4.15. The maximum atomic E-state index is 9.08. The van der Waals surface area contributed by atoms with Crippen molar-refractivity contribution >= 4 is 22.9 Å². The summed E-state index contributed by atoms with van der Waals surface area (Å²) in [5.74, 6) is 1.20. The highest BCUT2D eigenvalue weighted by molar-refractivity contribution is 5.83. The monoisotopic (exact) mass is 250 g/mol. The Labute approximate surface area is 105 Å². The van der Waals surface area contributed by atoms with Crippen LogP contribution in [-0.4, -0.2) is 44.2 Å². The molecule has 2 aromatic heterocycles. The SMILES string of the molecule is CCCNc1nc(NC(C)CO)c2[nH]cnc2n1. The largest absolute Gasteiger partial charge is 0.394 e. The highest BCUT2D eigenvalue weighted by Crippen LogP contribution is 2.19. The Balaban J connectivity index is 2.32. The zero-order valence-corrected chi connectivity index (χ0v) is 10.6. The van der Waals surface area contributed by atoms with Crippen LogP contribution in [0, 0.1) is 0 Å². The van der Waals surface area contributed by atoms with E-state index in [0.717, 1.165) is 18.5 Å². The number of imidazole rings is 1. The summed E-state index contributed by atoms with van der Waals surface area (Å²) in [6.45, 7) is 4.80. The molecular weight excluding hydrogens is 232 g/mol. The number of nitrogens with one attached hydrogen (secondary N) is 3. The van der Waals surface area contributed by atoms with Crippen molar-refractivity contribution in [3.05, 3.63) is 6.33 Å². The van der Waals surface area contributed by atoms with E-state index in [4.69, 9.17) is 5.11 Å².